The van der Waals surface area contributed by atoms with Crippen LogP contribution in [0, 0.1) is 20.8 Å². The normalized spacial score (nSPS) is 11.9. The van der Waals surface area contributed by atoms with Gasteiger partial charge in [0, 0.05) is 0 Å². The van der Waals surface area contributed by atoms with Crippen LogP contribution in [0.1, 0.15) is 36.1 Å². The Morgan fingerprint density at radius 3 is 1.87 bits per heavy atom. The minimum Gasteiger partial charge on any atom is -0.506 e. The van der Waals surface area contributed by atoms with Gasteiger partial charge >= 0.3 is 0 Å². The average molecular weight is 273 g/mol. The number of aromatic hydroxyl groups is 1. The Bertz CT molecular complexity index is 374. The average Bonchev–Trinajstić information content (AvgIpc) is 2.09. The summed E-state index contributed by atoms with van der Waals surface area (Å²) in [5.41, 5.74) is 2.63. The zero-order valence-electron chi connectivity index (χ0n) is 9.77. The summed E-state index contributed by atoms with van der Waals surface area (Å²) in [4.78, 5) is 0. The number of phenols is 1. The van der Waals surface area contributed by atoms with E-state index in [4.69, 9.17) is 0 Å². The summed E-state index contributed by atoms with van der Waals surface area (Å²) >= 11 is 3.35. The van der Waals surface area contributed by atoms with Gasteiger partial charge in [0.1, 0.15) is 5.75 Å². The molecule has 0 amide bonds. The number of rotatable bonds is 1. The van der Waals surface area contributed by atoms with Crippen molar-refractivity contribution in [3.63, 3.8) is 0 Å². The zero-order chi connectivity index (χ0) is 12.0. The van der Waals surface area contributed by atoms with Crippen molar-refractivity contribution in [2.24, 2.45) is 0 Å². The van der Waals surface area contributed by atoms with E-state index in [1.807, 2.05) is 20.8 Å². The Hall–Kier alpha value is -0.540. The van der Waals surface area contributed by atoms with Crippen molar-refractivity contribution in [3.05, 3.63) is 26.7 Å². The fourth-order valence-corrected chi connectivity index (χ4v) is 2.51. The Morgan fingerprint density at radius 1 is 1.00 bits per heavy atom. The van der Waals surface area contributed by atoms with Gasteiger partial charge in [-0.2, -0.15) is 0 Å². The van der Waals surface area contributed by atoms with Gasteiger partial charge < -0.3 is 10.2 Å². The van der Waals surface area contributed by atoms with E-state index >= 15 is 0 Å². The van der Waals surface area contributed by atoms with Crippen molar-refractivity contribution in [1.29, 1.82) is 0 Å². The Labute approximate surface area is 99.1 Å². The molecule has 0 bridgehead atoms. The molecule has 2 N–H and O–H groups in total. The molecule has 0 aromatic heterocycles. The van der Waals surface area contributed by atoms with Crippen LogP contribution >= 0.6 is 15.9 Å². The lowest BCUT2D eigenvalue weighted by Crippen LogP contribution is -2.20. The second-order valence-corrected chi connectivity index (χ2v) is 5.26. The molecule has 15 heavy (non-hydrogen) atoms. The molecule has 0 spiro atoms. The van der Waals surface area contributed by atoms with Gasteiger partial charge in [-0.25, -0.2) is 0 Å². The highest BCUT2D eigenvalue weighted by atomic mass is 79.9. The van der Waals surface area contributed by atoms with E-state index in [1.54, 1.807) is 13.8 Å². The van der Waals surface area contributed by atoms with Crippen LogP contribution < -0.4 is 0 Å². The molecule has 0 fully saturated rings. The second kappa shape index (κ2) is 3.80. The van der Waals surface area contributed by atoms with Crippen molar-refractivity contribution < 1.29 is 10.2 Å². The van der Waals surface area contributed by atoms with Crippen LogP contribution in [0.5, 0.6) is 5.75 Å². The molecule has 0 saturated heterocycles. The Kier molecular flexibility index (Phi) is 3.17. The van der Waals surface area contributed by atoms with E-state index < -0.39 is 5.60 Å². The van der Waals surface area contributed by atoms with E-state index in [0.717, 1.165) is 22.3 Å². The lowest BCUT2D eigenvalue weighted by Gasteiger charge is -2.25. The van der Waals surface area contributed by atoms with Crippen LogP contribution in [-0.4, -0.2) is 10.2 Å². The Morgan fingerprint density at radius 2 is 1.47 bits per heavy atom. The molecule has 0 heterocycles. The molecule has 1 rings (SSSR count). The van der Waals surface area contributed by atoms with Crippen LogP contribution in [0.15, 0.2) is 4.47 Å². The summed E-state index contributed by atoms with van der Waals surface area (Å²) in [5.74, 6) is 0.262. The van der Waals surface area contributed by atoms with Crippen LogP contribution in [0.4, 0.5) is 0 Å². The molecule has 1 aromatic carbocycles. The monoisotopic (exact) mass is 272 g/mol. The molecule has 84 valence electrons. The third-order valence-corrected chi connectivity index (χ3v) is 3.79. The Balaban J connectivity index is 3.68. The quantitative estimate of drug-likeness (QED) is 0.824. The van der Waals surface area contributed by atoms with Crippen LogP contribution in [0.3, 0.4) is 0 Å². The number of hydrogen-bond donors (Lipinski definition) is 2. The summed E-state index contributed by atoms with van der Waals surface area (Å²) in [7, 11) is 0. The first-order valence-electron chi connectivity index (χ1n) is 4.89. The van der Waals surface area contributed by atoms with E-state index in [9.17, 15) is 10.2 Å². The maximum Gasteiger partial charge on any atom is 0.133 e. The molecular formula is C12H17BrO2. The molecule has 0 aliphatic rings. The minimum atomic E-state index is -0.894. The maximum absolute atomic E-state index is 10.1. The first kappa shape index (κ1) is 12.5. The van der Waals surface area contributed by atoms with Crippen molar-refractivity contribution in [2.45, 2.75) is 40.2 Å². The number of benzene rings is 1. The maximum atomic E-state index is 10.1. The van der Waals surface area contributed by atoms with Gasteiger partial charge in [0.2, 0.25) is 0 Å². The third kappa shape index (κ3) is 2.04. The van der Waals surface area contributed by atoms with Gasteiger partial charge in [0.25, 0.3) is 0 Å². The van der Waals surface area contributed by atoms with Gasteiger partial charge in [-0.1, -0.05) is 0 Å². The minimum absolute atomic E-state index is 0.262. The molecule has 0 saturated carbocycles. The molecule has 0 aliphatic heterocycles. The molecule has 0 atom stereocenters. The number of halogens is 1. The standard InChI is InChI=1S/C12H17BrO2/c1-6-7(2)11(14)10(13)8(3)9(6)12(4,5)15/h14-15H,1-5H3. The van der Waals surface area contributed by atoms with E-state index in [0.29, 0.717) is 4.47 Å². The summed E-state index contributed by atoms with van der Waals surface area (Å²) in [6.07, 6.45) is 0. The largest absolute Gasteiger partial charge is 0.506 e. The van der Waals surface area contributed by atoms with Crippen LogP contribution in [0.25, 0.3) is 0 Å². The summed E-state index contributed by atoms with van der Waals surface area (Å²) in [6.45, 7) is 9.17. The van der Waals surface area contributed by atoms with E-state index in [1.165, 1.54) is 0 Å². The molecule has 0 radical (unpaired) electrons. The van der Waals surface area contributed by atoms with E-state index in [2.05, 4.69) is 15.9 Å². The SMILES string of the molecule is Cc1c(C)c(C(C)(C)O)c(C)c(Br)c1O. The smallest absolute Gasteiger partial charge is 0.133 e. The van der Waals surface area contributed by atoms with Gasteiger partial charge in [0.05, 0.1) is 10.1 Å². The van der Waals surface area contributed by atoms with Crippen molar-refractivity contribution in [2.75, 3.05) is 0 Å². The van der Waals surface area contributed by atoms with Gasteiger partial charge in [-0.15, -0.1) is 0 Å². The highest BCUT2D eigenvalue weighted by Crippen LogP contribution is 2.40. The van der Waals surface area contributed by atoms with Crippen LogP contribution in [0.2, 0.25) is 0 Å². The fraction of sp³-hybridized carbons (Fsp3) is 0.500. The fourth-order valence-electron chi connectivity index (χ4n) is 2.02. The van der Waals surface area contributed by atoms with Gasteiger partial charge in [-0.3, -0.25) is 0 Å². The number of aliphatic hydroxyl groups is 1. The first-order valence-corrected chi connectivity index (χ1v) is 5.68. The highest BCUT2D eigenvalue weighted by Gasteiger charge is 2.25. The highest BCUT2D eigenvalue weighted by molar-refractivity contribution is 9.10. The summed E-state index contributed by atoms with van der Waals surface area (Å²) in [5, 5.41) is 19.9. The summed E-state index contributed by atoms with van der Waals surface area (Å²) in [6, 6.07) is 0. The van der Waals surface area contributed by atoms with Crippen LogP contribution in [-0.2, 0) is 5.60 Å². The zero-order valence-corrected chi connectivity index (χ0v) is 11.4. The molecule has 0 aliphatic carbocycles. The molecule has 1 aromatic rings. The van der Waals surface area contributed by atoms with Crippen molar-refractivity contribution >= 4 is 15.9 Å². The predicted octanol–water partition coefficient (Wildman–Crippen LogP) is 3.31. The first-order chi connectivity index (χ1) is 6.68. The predicted molar refractivity (Wildman–Crippen MR) is 65.3 cm³/mol. The lowest BCUT2D eigenvalue weighted by molar-refractivity contribution is 0.0770. The van der Waals surface area contributed by atoms with Gasteiger partial charge in [-0.05, 0) is 72.8 Å². The number of hydrogen-bond acceptors (Lipinski definition) is 2. The molecular weight excluding hydrogens is 256 g/mol. The second-order valence-electron chi connectivity index (χ2n) is 4.47. The van der Waals surface area contributed by atoms with Gasteiger partial charge in [0.15, 0.2) is 0 Å². The topological polar surface area (TPSA) is 40.5 Å². The van der Waals surface area contributed by atoms with Crippen molar-refractivity contribution in [3.8, 4) is 5.75 Å². The lowest BCUT2D eigenvalue weighted by atomic mass is 9.87. The van der Waals surface area contributed by atoms with Crippen molar-refractivity contribution in [1.82, 2.24) is 0 Å². The molecule has 2 nitrogen and oxygen atoms in total. The molecule has 0 unspecified atom stereocenters. The molecule has 3 heteroatoms. The summed E-state index contributed by atoms with van der Waals surface area (Å²) < 4.78 is 0.669. The third-order valence-electron chi connectivity index (χ3n) is 2.82. The van der Waals surface area contributed by atoms with E-state index in [-0.39, 0.29) is 5.75 Å². The number of phenolic OH excluding ortho intramolecular Hbond substituents is 1.